The fourth-order valence-corrected chi connectivity index (χ4v) is 4.33. The number of H-pyrrole nitrogens is 1. The van der Waals surface area contributed by atoms with Crippen molar-refractivity contribution in [2.24, 2.45) is 0 Å². The number of aliphatic hydroxyl groups excluding tert-OH is 1. The Kier molecular flexibility index (Phi) is 9.62. The van der Waals surface area contributed by atoms with E-state index in [4.69, 9.17) is 4.74 Å². The summed E-state index contributed by atoms with van der Waals surface area (Å²) in [7, 11) is 1.75. The van der Waals surface area contributed by atoms with E-state index < -0.39 is 24.0 Å². The van der Waals surface area contributed by atoms with Gasteiger partial charge in [-0.1, -0.05) is 36.1 Å². The van der Waals surface area contributed by atoms with Gasteiger partial charge in [0.2, 0.25) is 5.75 Å². The van der Waals surface area contributed by atoms with Gasteiger partial charge in [-0.3, -0.25) is 9.69 Å². The minimum Gasteiger partial charge on any atom is -0.502 e. The number of benzene rings is 2. The average molecular weight is 521 g/mol. The predicted octanol–water partition coefficient (Wildman–Crippen LogP) is 1.95. The molecule has 2 aromatic carbocycles. The van der Waals surface area contributed by atoms with Crippen LogP contribution in [-0.4, -0.2) is 77.3 Å². The van der Waals surface area contributed by atoms with Crippen molar-refractivity contribution in [3.05, 3.63) is 93.2 Å². The Morgan fingerprint density at radius 2 is 1.82 bits per heavy atom. The minimum absolute atomic E-state index is 0.226. The fraction of sp³-hybridized carbons (Fsp3) is 0.379. The van der Waals surface area contributed by atoms with Gasteiger partial charge in [0, 0.05) is 56.8 Å². The molecule has 9 heteroatoms. The molecule has 1 aromatic heterocycles. The molecular weight excluding hydrogens is 487 g/mol. The summed E-state index contributed by atoms with van der Waals surface area (Å²) >= 11 is 0. The molecule has 0 radical (unpaired) electrons. The Morgan fingerprint density at radius 1 is 1.16 bits per heavy atom. The number of aromatic hydroxyl groups is 1. The number of aromatic amines is 1. The van der Waals surface area contributed by atoms with E-state index in [9.17, 15) is 19.4 Å². The van der Waals surface area contributed by atoms with Crippen LogP contribution in [0.3, 0.4) is 0 Å². The molecule has 4 rings (SSSR count). The highest BCUT2D eigenvalue weighted by Crippen LogP contribution is 2.23. The van der Waals surface area contributed by atoms with Gasteiger partial charge in [-0.05, 0) is 35.4 Å². The maximum atomic E-state index is 13.1. The van der Waals surface area contributed by atoms with Crippen LogP contribution in [0, 0.1) is 11.8 Å². The monoisotopic (exact) mass is 520 g/mol. The first-order valence-corrected chi connectivity index (χ1v) is 12.6. The van der Waals surface area contributed by atoms with Crippen LogP contribution < -0.4 is 10.9 Å². The van der Waals surface area contributed by atoms with Crippen LogP contribution in [0.5, 0.6) is 5.75 Å². The van der Waals surface area contributed by atoms with Gasteiger partial charge in [0.05, 0.1) is 30.8 Å². The van der Waals surface area contributed by atoms with Crippen molar-refractivity contribution >= 4 is 0 Å². The van der Waals surface area contributed by atoms with Crippen LogP contribution >= 0.6 is 0 Å². The van der Waals surface area contributed by atoms with E-state index in [0.29, 0.717) is 12.6 Å². The number of ether oxygens (including phenoxy) is 1. The summed E-state index contributed by atoms with van der Waals surface area (Å²) in [6.45, 7) is 2.11. The smallest absolute Gasteiger partial charge is 0.293 e. The van der Waals surface area contributed by atoms with Crippen molar-refractivity contribution in [3.8, 4) is 17.6 Å². The lowest BCUT2D eigenvalue weighted by atomic mass is 9.92. The van der Waals surface area contributed by atoms with Gasteiger partial charge in [-0.15, -0.1) is 0 Å². The van der Waals surface area contributed by atoms with E-state index >= 15 is 0 Å². The van der Waals surface area contributed by atoms with Crippen LogP contribution in [0.1, 0.15) is 33.9 Å². The molecule has 1 aliphatic heterocycles. The van der Waals surface area contributed by atoms with Crippen LogP contribution in [-0.2, 0) is 17.7 Å². The van der Waals surface area contributed by atoms with Crippen LogP contribution in [0.15, 0.2) is 59.7 Å². The first kappa shape index (κ1) is 27.5. The van der Waals surface area contributed by atoms with Gasteiger partial charge >= 0.3 is 0 Å². The summed E-state index contributed by atoms with van der Waals surface area (Å²) in [5, 5.41) is 22.5. The molecule has 1 aliphatic rings. The second kappa shape index (κ2) is 13.3. The standard InChI is InChI=1S/C29H33FN4O4/c1-38-26-16-34(17-26)15-22-6-4-20(5-7-22)2-3-21-8-10-23(11-9-21)24(14-31-25(13-30)18-35)12-27-28(36)29(37)33-19-32-27/h4-11,19,24-26,31,35-36H,12-18H2,1H3,(H,32,33,37). The molecule has 4 N–H and O–H groups in total. The molecule has 3 aromatic rings. The molecule has 0 aliphatic carbocycles. The molecule has 8 nitrogen and oxygen atoms in total. The van der Waals surface area contributed by atoms with Crippen molar-refractivity contribution in [3.63, 3.8) is 0 Å². The molecular formula is C29H33FN4O4. The lowest BCUT2D eigenvalue weighted by Gasteiger charge is -2.38. The average Bonchev–Trinajstić information content (AvgIpc) is 2.92. The van der Waals surface area contributed by atoms with Crippen LogP contribution in [0.2, 0.25) is 0 Å². The van der Waals surface area contributed by atoms with Gasteiger partial charge < -0.3 is 25.3 Å². The summed E-state index contributed by atoms with van der Waals surface area (Å²) in [5.74, 6) is 5.72. The maximum Gasteiger partial charge on any atom is 0.293 e. The van der Waals surface area contributed by atoms with Gasteiger partial charge in [0.25, 0.3) is 5.56 Å². The molecule has 0 saturated carbocycles. The van der Waals surface area contributed by atoms with Crippen molar-refractivity contribution in [2.75, 3.05) is 40.0 Å². The predicted molar refractivity (Wildman–Crippen MR) is 143 cm³/mol. The van der Waals surface area contributed by atoms with Crippen molar-refractivity contribution in [1.82, 2.24) is 20.2 Å². The molecule has 1 saturated heterocycles. The van der Waals surface area contributed by atoms with E-state index in [0.717, 1.165) is 36.3 Å². The molecule has 2 heterocycles. The number of hydrogen-bond acceptors (Lipinski definition) is 7. The minimum atomic E-state index is -0.709. The molecule has 1 fully saturated rings. The summed E-state index contributed by atoms with van der Waals surface area (Å²) in [6.07, 6.45) is 1.85. The van der Waals surface area contributed by atoms with Gasteiger partial charge in [-0.25, -0.2) is 9.37 Å². The molecule has 0 amide bonds. The molecule has 2 atom stereocenters. The Balaban J connectivity index is 1.42. The van der Waals surface area contributed by atoms with Gasteiger partial charge in [0.15, 0.2) is 0 Å². The van der Waals surface area contributed by atoms with Gasteiger partial charge in [-0.2, -0.15) is 0 Å². The Morgan fingerprint density at radius 3 is 2.42 bits per heavy atom. The lowest BCUT2D eigenvalue weighted by Crippen LogP contribution is -2.50. The quantitative estimate of drug-likeness (QED) is 0.286. The fourth-order valence-electron chi connectivity index (χ4n) is 4.33. The zero-order valence-electron chi connectivity index (χ0n) is 21.4. The zero-order valence-corrected chi connectivity index (χ0v) is 21.4. The number of halogens is 1. The Bertz CT molecular complexity index is 1290. The third-order valence-electron chi connectivity index (χ3n) is 6.75. The number of methoxy groups -OCH3 is 1. The molecule has 200 valence electrons. The summed E-state index contributed by atoms with van der Waals surface area (Å²) in [5.41, 5.74) is 3.55. The van der Waals surface area contributed by atoms with E-state index in [2.05, 4.69) is 44.2 Å². The number of aliphatic hydroxyl groups is 1. The van der Waals surface area contributed by atoms with E-state index in [1.807, 2.05) is 36.4 Å². The van der Waals surface area contributed by atoms with Crippen molar-refractivity contribution in [1.29, 1.82) is 0 Å². The van der Waals surface area contributed by atoms with E-state index in [1.54, 1.807) is 7.11 Å². The largest absolute Gasteiger partial charge is 0.502 e. The second-order valence-electron chi connectivity index (χ2n) is 9.49. The third kappa shape index (κ3) is 7.27. The molecule has 2 unspecified atom stereocenters. The number of nitrogens with one attached hydrogen (secondary N) is 2. The van der Waals surface area contributed by atoms with E-state index in [-0.39, 0.29) is 24.6 Å². The normalized spacial score (nSPS) is 15.3. The number of aromatic nitrogens is 2. The number of alkyl halides is 1. The molecule has 38 heavy (non-hydrogen) atoms. The van der Waals surface area contributed by atoms with Gasteiger partial charge in [0.1, 0.15) is 6.67 Å². The highest BCUT2D eigenvalue weighted by Gasteiger charge is 2.25. The Hall–Kier alpha value is -3.55. The van der Waals surface area contributed by atoms with Crippen molar-refractivity contribution in [2.45, 2.75) is 31.0 Å². The highest BCUT2D eigenvalue weighted by molar-refractivity contribution is 5.44. The summed E-state index contributed by atoms with van der Waals surface area (Å²) < 4.78 is 18.4. The lowest BCUT2D eigenvalue weighted by molar-refractivity contribution is -0.0333. The molecule has 0 spiro atoms. The highest BCUT2D eigenvalue weighted by atomic mass is 19.1. The first-order valence-electron chi connectivity index (χ1n) is 12.6. The van der Waals surface area contributed by atoms with E-state index in [1.165, 1.54) is 11.9 Å². The number of hydrogen-bond donors (Lipinski definition) is 4. The summed E-state index contributed by atoms with van der Waals surface area (Å²) in [6, 6.07) is 15.2. The number of likely N-dealkylation sites (tertiary alicyclic amines) is 1. The third-order valence-corrected chi connectivity index (χ3v) is 6.75. The zero-order chi connectivity index (χ0) is 26.9. The topological polar surface area (TPSA) is 111 Å². The number of rotatable bonds is 11. The number of nitrogens with zero attached hydrogens (tertiary/aromatic N) is 2. The van der Waals surface area contributed by atoms with Crippen molar-refractivity contribution < 1.29 is 19.3 Å². The van der Waals surface area contributed by atoms with Crippen LogP contribution in [0.25, 0.3) is 0 Å². The van der Waals surface area contributed by atoms with Crippen LogP contribution in [0.4, 0.5) is 4.39 Å². The maximum absolute atomic E-state index is 13.1. The second-order valence-corrected chi connectivity index (χ2v) is 9.49. The SMILES string of the molecule is COC1CN(Cc2ccc(C#Cc3ccc(C(CNC(CO)CF)Cc4nc[nH]c(=O)c4O)cc3)cc2)C1. The molecule has 0 bridgehead atoms. The summed E-state index contributed by atoms with van der Waals surface area (Å²) in [4.78, 5) is 20.6. The Labute approximate surface area is 221 Å². The first-order chi connectivity index (χ1) is 18.5.